The van der Waals surface area contributed by atoms with E-state index in [9.17, 15) is 4.79 Å². The highest BCUT2D eigenvalue weighted by molar-refractivity contribution is 5.65. The van der Waals surface area contributed by atoms with Crippen LogP contribution in [0.4, 0.5) is 5.82 Å². The Kier molecular flexibility index (Phi) is 2.54. The van der Waals surface area contributed by atoms with Gasteiger partial charge in [0.15, 0.2) is 11.5 Å². The molecule has 0 saturated heterocycles. The first kappa shape index (κ1) is 11.7. The van der Waals surface area contributed by atoms with Crippen molar-refractivity contribution in [3.8, 4) is 23.3 Å². The SMILES string of the molecule is N#Cc1ccccc1-n1c(-c2nonc2N)noc1=O. The van der Waals surface area contributed by atoms with Gasteiger partial charge in [0, 0.05) is 0 Å². The Labute approximate surface area is 110 Å². The molecule has 3 rings (SSSR count). The number of para-hydroxylation sites is 1. The predicted octanol–water partition coefficient (Wildman–Crippen LogP) is 0.329. The lowest BCUT2D eigenvalue weighted by molar-refractivity contribution is 0.310. The van der Waals surface area contributed by atoms with Gasteiger partial charge in [-0.1, -0.05) is 17.3 Å². The summed E-state index contributed by atoms with van der Waals surface area (Å²) in [6.45, 7) is 0. The molecule has 98 valence electrons. The van der Waals surface area contributed by atoms with Crippen molar-refractivity contribution in [3.63, 3.8) is 0 Å². The van der Waals surface area contributed by atoms with Gasteiger partial charge in [-0.15, -0.1) is 0 Å². The van der Waals surface area contributed by atoms with Crippen molar-refractivity contribution in [1.82, 2.24) is 20.0 Å². The van der Waals surface area contributed by atoms with E-state index in [-0.39, 0.29) is 22.9 Å². The number of nitrogens with zero attached hydrogens (tertiary/aromatic N) is 5. The largest absolute Gasteiger partial charge is 0.446 e. The van der Waals surface area contributed by atoms with Gasteiger partial charge in [-0.25, -0.2) is 14.0 Å². The Bertz CT molecular complexity index is 869. The molecule has 9 heteroatoms. The fourth-order valence-electron chi connectivity index (χ4n) is 1.73. The van der Waals surface area contributed by atoms with Gasteiger partial charge < -0.3 is 5.73 Å². The summed E-state index contributed by atoms with van der Waals surface area (Å²) in [7, 11) is 0. The van der Waals surface area contributed by atoms with Crippen LogP contribution >= 0.6 is 0 Å². The highest BCUT2D eigenvalue weighted by Gasteiger charge is 2.22. The number of benzene rings is 1. The fraction of sp³-hybridized carbons (Fsp3) is 0. The van der Waals surface area contributed by atoms with E-state index >= 15 is 0 Å². The van der Waals surface area contributed by atoms with Gasteiger partial charge in [-0.2, -0.15) is 5.26 Å². The monoisotopic (exact) mass is 270 g/mol. The molecule has 0 aliphatic carbocycles. The highest BCUT2D eigenvalue weighted by atomic mass is 16.6. The molecule has 2 aromatic heterocycles. The molecule has 0 unspecified atom stereocenters. The number of aromatic nitrogens is 4. The van der Waals surface area contributed by atoms with E-state index in [2.05, 4.69) is 24.6 Å². The molecule has 0 fully saturated rings. The molecule has 20 heavy (non-hydrogen) atoms. The van der Waals surface area contributed by atoms with E-state index in [1.807, 2.05) is 6.07 Å². The van der Waals surface area contributed by atoms with Crippen LogP contribution in [0.3, 0.4) is 0 Å². The van der Waals surface area contributed by atoms with E-state index in [0.29, 0.717) is 5.69 Å². The summed E-state index contributed by atoms with van der Waals surface area (Å²) in [4.78, 5) is 11.8. The molecule has 0 aliphatic heterocycles. The number of nitrogens with two attached hydrogens (primary N) is 1. The van der Waals surface area contributed by atoms with Crippen molar-refractivity contribution in [2.45, 2.75) is 0 Å². The van der Waals surface area contributed by atoms with Gasteiger partial charge in [0.25, 0.3) is 0 Å². The number of nitrogen functional groups attached to an aromatic ring is 1. The molecule has 9 nitrogen and oxygen atoms in total. The smallest absolute Gasteiger partial charge is 0.379 e. The molecule has 0 spiro atoms. The minimum atomic E-state index is -0.773. The van der Waals surface area contributed by atoms with Crippen LogP contribution in [0.15, 0.2) is 38.2 Å². The van der Waals surface area contributed by atoms with E-state index in [4.69, 9.17) is 11.0 Å². The van der Waals surface area contributed by atoms with E-state index in [1.165, 1.54) is 0 Å². The van der Waals surface area contributed by atoms with Crippen molar-refractivity contribution in [3.05, 3.63) is 40.4 Å². The minimum Gasteiger partial charge on any atom is -0.379 e. The molecular weight excluding hydrogens is 264 g/mol. The number of hydrogen-bond donors (Lipinski definition) is 1. The maximum Gasteiger partial charge on any atom is 0.446 e. The second-order valence-electron chi connectivity index (χ2n) is 3.73. The van der Waals surface area contributed by atoms with Crippen molar-refractivity contribution in [1.29, 1.82) is 5.26 Å². The lowest BCUT2D eigenvalue weighted by Crippen LogP contribution is -2.14. The van der Waals surface area contributed by atoms with Crippen molar-refractivity contribution in [2.75, 3.05) is 5.73 Å². The number of rotatable bonds is 2. The molecule has 0 saturated carbocycles. The summed E-state index contributed by atoms with van der Waals surface area (Å²) < 4.78 is 10.2. The fourth-order valence-corrected chi connectivity index (χ4v) is 1.73. The summed E-state index contributed by atoms with van der Waals surface area (Å²) in [6, 6.07) is 8.45. The standard InChI is InChI=1S/C11H6N6O3/c12-5-6-3-1-2-4-7(6)17-10(16-19-11(17)18)8-9(13)15-20-14-8/h1-4H,(H2,13,15). The molecule has 2 heterocycles. The van der Waals surface area contributed by atoms with Crippen LogP contribution in [0.1, 0.15) is 5.56 Å². The van der Waals surface area contributed by atoms with Crippen LogP contribution in [-0.2, 0) is 0 Å². The van der Waals surface area contributed by atoms with Crippen LogP contribution in [0.25, 0.3) is 17.2 Å². The first-order chi connectivity index (χ1) is 9.72. The summed E-state index contributed by atoms with van der Waals surface area (Å²) in [6.07, 6.45) is 0. The molecule has 0 amide bonds. The topological polar surface area (TPSA) is 137 Å². The Morgan fingerprint density at radius 2 is 2.05 bits per heavy atom. The van der Waals surface area contributed by atoms with E-state index in [0.717, 1.165) is 4.57 Å². The molecule has 2 N–H and O–H groups in total. The second kappa shape index (κ2) is 4.36. The van der Waals surface area contributed by atoms with Crippen molar-refractivity contribution < 1.29 is 9.15 Å². The first-order valence-corrected chi connectivity index (χ1v) is 5.39. The third-order valence-electron chi connectivity index (χ3n) is 2.60. The summed E-state index contributed by atoms with van der Waals surface area (Å²) >= 11 is 0. The highest BCUT2D eigenvalue weighted by Crippen LogP contribution is 2.23. The lowest BCUT2D eigenvalue weighted by atomic mass is 10.2. The zero-order valence-corrected chi connectivity index (χ0v) is 9.85. The van der Waals surface area contributed by atoms with Gasteiger partial charge in [0.1, 0.15) is 6.07 Å². The van der Waals surface area contributed by atoms with Gasteiger partial charge in [-0.3, -0.25) is 4.52 Å². The van der Waals surface area contributed by atoms with Gasteiger partial charge in [0.2, 0.25) is 5.82 Å². The van der Waals surface area contributed by atoms with Crippen LogP contribution in [-0.4, -0.2) is 20.0 Å². The van der Waals surface area contributed by atoms with E-state index < -0.39 is 5.76 Å². The zero-order chi connectivity index (χ0) is 14.1. The summed E-state index contributed by atoms with van der Waals surface area (Å²) in [5, 5.41) is 19.7. The maximum absolute atomic E-state index is 11.8. The molecular formula is C11H6N6O3. The minimum absolute atomic E-state index is 0.0106. The van der Waals surface area contributed by atoms with Crippen LogP contribution in [0, 0.1) is 11.3 Å². The summed E-state index contributed by atoms with van der Waals surface area (Å²) in [5.74, 6) is -0.803. The zero-order valence-electron chi connectivity index (χ0n) is 9.85. The van der Waals surface area contributed by atoms with Crippen molar-refractivity contribution in [2.24, 2.45) is 0 Å². The van der Waals surface area contributed by atoms with Gasteiger partial charge in [0.05, 0.1) is 11.3 Å². The van der Waals surface area contributed by atoms with E-state index in [1.54, 1.807) is 24.3 Å². The maximum atomic E-state index is 11.8. The predicted molar refractivity (Wildman–Crippen MR) is 64.5 cm³/mol. The normalized spacial score (nSPS) is 10.3. The van der Waals surface area contributed by atoms with Crippen LogP contribution < -0.4 is 11.5 Å². The average Bonchev–Trinajstić information content (AvgIpc) is 3.04. The molecule has 3 aromatic rings. The van der Waals surface area contributed by atoms with Gasteiger partial charge in [-0.05, 0) is 22.4 Å². The second-order valence-corrected chi connectivity index (χ2v) is 3.73. The van der Waals surface area contributed by atoms with Crippen LogP contribution in [0.5, 0.6) is 0 Å². The molecule has 1 aromatic carbocycles. The third kappa shape index (κ3) is 1.64. The number of hydrogen-bond acceptors (Lipinski definition) is 8. The Morgan fingerprint density at radius 1 is 1.25 bits per heavy atom. The first-order valence-electron chi connectivity index (χ1n) is 5.39. The lowest BCUT2D eigenvalue weighted by Gasteiger charge is -2.04. The number of anilines is 1. The van der Waals surface area contributed by atoms with Crippen LogP contribution in [0.2, 0.25) is 0 Å². The van der Waals surface area contributed by atoms with Crippen molar-refractivity contribution >= 4 is 5.82 Å². The number of nitriles is 1. The molecule has 0 atom stereocenters. The Hall–Kier alpha value is -3.41. The Balaban J connectivity index is 2.31. The molecule has 0 aliphatic rings. The summed E-state index contributed by atoms with van der Waals surface area (Å²) in [5.41, 5.74) is 6.21. The van der Waals surface area contributed by atoms with Gasteiger partial charge >= 0.3 is 5.76 Å². The third-order valence-corrected chi connectivity index (χ3v) is 2.60. The quantitative estimate of drug-likeness (QED) is 0.703. The molecule has 0 radical (unpaired) electrons. The average molecular weight is 270 g/mol. The molecule has 0 bridgehead atoms. The Morgan fingerprint density at radius 3 is 2.75 bits per heavy atom.